The zero-order valence-corrected chi connectivity index (χ0v) is 13.8. The molecule has 0 aliphatic carbocycles. The molecule has 1 amide bonds. The van der Waals surface area contributed by atoms with E-state index >= 15 is 0 Å². The third-order valence-corrected chi connectivity index (χ3v) is 3.25. The molecular formula is C17H20N6O. The van der Waals surface area contributed by atoms with Crippen molar-refractivity contribution in [1.29, 1.82) is 5.26 Å². The number of aromatic nitrogens is 2. The molecule has 1 aromatic carbocycles. The molecule has 0 bridgehead atoms. The van der Waals surface area contributed by atoms with Gasteiger partial charge in [-0.05, 0) is 63.5 Å². The Morgan fingerprint density at radius 3 is 2.50 bits per heavy atom. The number of hydrogen-bond acceptors (Lipinski definition) is 6. The van der Waals surface area contributed by atoms with Crippen LogP contribution >= 0.6 is 0 Å². The lowest BCUT2D eigenvalue weighted by atomic mass is 10.2. The molecule has 7 heteroatoms. The maximum absolute atomic E-state index is 12.0. The van der Waals surface area contributed by atoms with Gasteiger partial charge in [-0.2, -0.15) is 5.26 Å². The summed E-state index contributed by atoms with van der Waals surface area (Å²) in [5.41, 5.74) is 1.67. The minimum atomic E-state index is -0.230. The summed E-state index contributed by atoms with van der Waals surface area (Å²) in [7, 11) is 3.99. The first-order valence-corrected chi connectivity index (χ1v) is 7.62. The predicted molar refractivity (Wildman–Crippen MR) is 92.0 cm³/mol. The van der Waals surface area contributed by atoms with E-state index in [0.29, 0.717) is 17.9 Å². The van der Waals surface area contributed by atoms with Gasteiger partial charge in [0.25, 0.3) is 5.91 Å². The van der Waals surface area contributed by atoms with Gasteiger partial charge in [0.15, 0.2) is 11.5 Å². The highest BCUT2D eigenvalue weighted by Gasteiger charge is 2.07. The first-order chi connectivity index (χ1) is 11.6. The van der Waals surface area contributed by atoms with Crippen molar-refractivity contribution >= 4 is 17.4 Å². The third-order valence-electron chi connectivity index (χ3n) is 3.25. The molecule has 0 aliphatic rings. The number of nitrogens with one attached hydrogen (secondary N) is 2. The number of amides is 1. The molecule has 0 atom stereocenters. The number of hydrogen-bond donors (Lipinski definition) is 2. The summed E-state index contributed by atoms with van der Waals surface area (Å²) in [4.78, 5) is 14.0. The van der Waals surface area contributed by atoms with E-state index < -0.39 is 0 Å². The van der Waals surface area contributed by atoms with Gasteiger partial charge in [0.05, 0.1) is 11.6 Å². The summed E-state index contributed by atoms with van der Waals surface area (Å²) in [6, 6.07) is 12.4. The number of anilines is 2. The van der Waals surface area contributed by atoms with E-state index in [-0.39, 0.29) is 11.6 Å². The van der Waals surface area contributed by atoms with Crippen molar-refractivity contribution in [1.82, 2.24) is 20.4 Å². The normalized spacial score (nSPS) is 10.2. The van der Waals surface area contributed by atoms with Crippen molar-refractivity contribution in [2.75, 3.05) is 32.5 Å². The molecule has 0 spiro atoms. The van der Waals surface area contributed by atoms with Gasteiger partial charge < -0.3 is 15.5 Å². The summed E-state index contributed by atoms with van der Waals surface area (Å²) in [6.07, 6.45) is 0.879. The van der Waals surface area contributed by atoms with E-state index in [1.165, 1.54) is 0 Å². The molecular weight excluding hydrogens is 304 g/mol. The van der Waals surface area contributed by atoms with Gasteiger partial charge in [0.2, 0.25) is 0 Å². The van der Waals surface area contributed by atoms with E-state index in [4.69, 9.17) is 5.26 Å². The second kappa shape index (κ2) is 8.60. The second-order valence-electron chi connectivity index (χ2n) is 5.53. The summed E-state index contributed by atoms with van der Waals surface area (Å²) in [5.74, 6) is 0.301. The summed E-state index contributed by atoms with van der Waals surface area (Å²) in [5, 5.41) is 22.6. The minimum absolute atomic E-state index is 0.230. The molecule has 0 unspecified atom stereocenters. The standard InChI is InChI=1S/C17H20N6O/c1-23(2)11-3-10-19-17(24)15-8-9-16(22-21-15)20-14-6-4-13(12-18)5-7-14/h4-9H,3,10-11H2,1-2H3,(H,19,24)(H,20,22). The van der Waals surface area contributed by atoms with Crippen molar-refractivity contribution in [3.05, 3.63) is 47.7 Å². The summed E-state index contributed by atoms with van der Waals surface area (Å²) < 4.78 is 0. The third kappa shape index (κ3) is 5.34. The summed E-state index contributed by atoms with van der Waals surface area (Å²) >= 11 is 0. The molecule has 1 heterocycles. The molecule has 124 valence electrons. The number of carbonyl (C=O) groups excluding carboxylic acids is 1. The molecule has 0 saturated carbocycles. The molecule has 1 aromatic heterocycles. The van der Waals surface area contributed by atoms with Crippen LogP contribution in [0.5, 0.6) is 0 Å². The molecule has 2 rings (SSSR count). The molecule has 24 heavy (non-hydrogen) atoms. The topological polar surface area (TPSA) is 93.9 Å². The molecule has 7 nitrogen and oxygen atoms in total. The smallest absolute Gasteiger partial charge is 0.271 e. The Balaban J connectivity index is 1.87. The van der Waals surface area contributed by atoms with Crippen LogP contribution in [0.2, 0.25) is 0 Å². The van der Waals surface area contributed by atoms with Crippen LogP contribution in [0, 0.1) is 11.3 Å². The van der Waals surface area contributed by atoms with Crippen LogP contribution in [0.25, 0.3) is 0 Å². The van der Waals surface area contributed by atoms with E-state index in [2.05, 4.69) is 31.8 Å². The van der Waals surface area contributed by atoms with E-state index in [0.717, 1.165) is 18.7 Å². The lowest BCUT2D eigenvalue weighted by Crippen LogP contribution is -2.28. The lowest BCUT2D eigenvalue weighted by Gasteiger charge is -2.09. The number of nitrogens with zero attached hydrogens (tertiary/aromatic N) is 4. The predicted octanol–water partition coefficient (Wildman–Crippen LogP) is 1.77. The average molecular weight is 324 g/mol. The zero-order valence-electron chi connectivity index (χ0n) is 13.8. The first kappa shape index (κ1) is 17.4. The largest absolute Gasteiger partial charge is 0.351 e. The van der Waals surface area contributed by atoms with E-state index in [1.807, 2.05) is 14.1 Å². The van der Waals surface area contributed by atoms with Gasteiger partial charge in [-0.15, -0.1) is 10.2 Å². The van der Waals surface area contributed by atoms with Crippen molar-refractivity contribution in [2.24, 2.45) is 0 Å². The summed E-state index contributed by atoms with van der Waals surface area (Å²) in [6.45, 7) is 1.52. The van der Waals surface area contributed by atoms with Gasteiger partial charge in [-0.25, -0.2) is 0 Å². The molecule has 0 aliphatic heterocycles. The number of rotatable bonds is 7. The minimum Gasteiger partial charge on any atom is -0.351 e. The van der Waals surface area contributed by atoms with Gasteiger partial charge in [-0.3, -0.25) is 4.79 Å². The highest BCUT2D eigenvalue weighted by atomic mass is 16.1. The van der Waals surface area contributed by atoms with Gasteiger partial charge in [0.1, 0.15) is 0 Å². The van der Waals surface area contributed by atoms with Crippen molar-refractivity contribution in [3.8, 4) is 6.07 Å². The van der Waals surface area contributed by atoms with Crippen LogP contribution < -0.4 is 10.6 Å². The first-order valence-electron chi connectivity index (χ1n) is 7.62. The van der Waals surface area contributed by atoms with Gasteiger partial charge in [0, 0.05) is 12.2 Å². The quantitative estimate of drug-likeness (QED) is 0.754. The number of nitriles is 1. The maximum Gasteiger partial charge on any atom is 0.271 e. The fourth-order valence-corrected chi connectivity index (χ4v) is 1.98. The van der Waals surface area contributed by atoms with Gasteiger partial charge in [-0.1, -0.05) is 0 Å². The fourth-order valence-electron chi connectivity index (χ4n) is 1.98. The molecule has 0 fully saturated rings. The van der Waals surface area contributed by atoms with Crippen LogP contribution in [-0.4, -0.2) is 48.2 Å². The molecule has 2 N–H and O–H groups in total. The maximum atomic E-state index is 12.0. The Kier molecular flexibility index (Phi) is 6.23. The highest BCUT2D eigenvalue weighted by Crippen LogP contribution is 2.14. The van der Waals surface area contributed by atoms with Crippen molar-refractivity contribution < 1.29 is 4.79 Å². The Hall–Kier alpha value is -2.98. The SMILES string of the molecule is CN(C)CCCNC(=O)c1ccc(Nc2ccc(C#N)cc2)nn1. The zero-order chi connectivity index (χ0) is 17.4. The van der Waals surface area contributed by atoms with Crippen LogP contribution in [0.1, 0.15) is 22.5 Å². The monoisotopic (exact) mass is 324 g/mol. The van der Waals surface area contributed by atoms with Crippen LogP contribution in [0.3, 0.4) is 0 Å². The van der Waals surface area contributed by atoms with Crippen molar-refractivity contribution in [2.45, 2.75) is 6.42 Å². The van der Waals surface area contributed by atoms with Crippen LogP contribution in [0.4, 0.5) is 11.5 Å². The fraction of sp³-hybridized carbons (Fsp3) is 0.294. The van der Waals surface area contributed by atoms with Crippen molar-refractivity contribution in [3.63, 3.8) is 0 Å². The Morgan fingerprint density at radius 2 is 1.92 bits per heavy atom. The lowest BCUT2D eigenvalue weighted by molar-refractivity contribution is 0.0946. The Morgan fingerprint density at radius 1 is 1.17 bits per heavy atom. The average Bonchev–Trinajstić information content (AvgIpc) is 2.59. The second-order valence-corrected chi connectivity index (χ2v) is 5.53. The van der Waals surface area contributed by atoms with Crippen LogP contribution in [0.15, 0.2) is 36.4 Å². The van der Waals surface area contributed by atoms with E-state index in [9.17, 15) is 4.79 Å². The van der Waals surface area contributed by atoms with Gasteiger partial charge >= 0.3 is 0 Å². The van der Waals surface area contributed by atoms with E-state index in [1.54, 1.807) is 36.4 Å². The Labute approximate surface area is 141 Å². The molecule has 2 aromatic rings. The Bertz CT molecular complexity index is 703. The van der Waals surface area contributed by atoms with Crippen LogP contribution in [-0.2, 0) is 0 Å². The number of benzene rings is 1. The molecule has 0 radical (unpaired) electrons. The number of carbonyl (C=O) groups is 1. The molecule has 0 saturated heterocycles. The highest BCUT2D eigenvalue weighted by molar-refractivity contribution is 5.92.